The van der Waals surface area contributed by atoms with Crippen LogP contribution < -0.4 is 10.1 Å². The average Bonchev–Trinajstić information content (AvgIpc) is 2.86. The molecule has 0 radical (unpaired) electrons. The first-order valence-corrected chi connectivity index (χ1v) is 11.6. The van der Waals surface area contributed by atoms with Crippen molar-refractivity contribution in [3.05, 3.63) is 53.5 Å². The number of benzene rings is 1. The Morgan fingerprint density at radius 2 is 2.22 bits per heavy atom. The third-order valence-electron chi connectivity index (χ3n) is 5.85. The molecule has 0 spiro atoms. The number of aliphatic hydroxyl groups excluding tert-OH is 1. The second-order valence-corrected chi connectivity index (χ2v) is 8.76. The fourth-order valence-electron chi connectivity index (χ4n) is 3.74. The van der Waals surface area contributed by atoms with Crippen LogP contribution in [0.25, 0.3) is 0 Å². The minimum absolute atomic E-state index is 0.128. The Labute approximate surface area is 210 Å². The van der Waals surface area contributed by atoms with Crippen LogP contribution in [0, 0.1) is 23.6 Å². The van der Waals surface area contributed by atoms with E-state index in [2.05, 4.69) is 22.1 Å². The molecule has 10 heteroatoms. The quantitative estimate of drug-likeness (QED) is 0.594. The topological polar surface area (TPSA) is 104 Å². The Kier molecular flexibility index (Phi) is 9.22. The highest BCUT2D eigenvalue weighted by Crippen LogP contribution is 2.27. The largest absolute Gasteiger partial charge is 0.472 e. The number of aliphatic hydroxyl groups is 1. The zero-order valence-electron chi connectivity index (χ0n) is 20.8. The summed E-state index contributed by atoms with van der Waals surface area (Å²) in [6.45, 7) is 4.16. The molecule has 1 aliphatic heterocycles. The summed E-state index contributed by atoms with van der Waals surface area (Å²) in [5.41, 5.74) is 1.08. The monoisotopic (exact) mass is 498 g/mol. The molecule has 2 N–H and O–H groups in total. The zero-order valence-corrected chi connectivity index (χ0v) is 20.8. The van der Waals surface area contributed by atoms with Gasteiger partial charge in [-0.1, -0.05) is 24.8 Å². The Hall–Kier alpha value is -3.68. The van der Waals surface area contributed by atoms with Crippen LogP contribution in [0.5, 0.6) is 5.88 Å². The van der Waals surface area contributed by atoms with Crippen molar-refractivity contribution in [2.75, 3.05) is 45.8 Å². The first-order valence-electron chi connectivity index (χ1n) is 11.6. The lowest BCUT2D eigenvalue weighted by atomic mass is 10.00. The zero-order chi connectivity index (χ0) is 26.2. The number of urea groups is 1. The number of likely N-dealkylation sites (N-methyl/N-ethyl adjacent to an activating group) is 1. The molecule has 1 aromatic heterocycles. The molecular formula is C26H31FN4O5. The maximum Gasteiger partial charge on any atom is 0.321 e. The summed E-state index contributed by atoms with van der Waals surface area (Å²) in [7, 11) is 3.14. The van der Waals surface area contributed by atoms with E-state index in [4.69, 9.17) is 9.47 Å². The third-order valence-corrected chi connectivity index (χ3v) is 5.85. The van der Waals surface area contributed by atoms with Gasteiger partial charge >= 0.3 is 6.03 Å². The molecule has 36 heavy (non-hydrogen) atoms. The van der Waals surface area contributed by atoms with E-state index in [1.165, 1.54) is 36.4 Å². The van der Waals surface area contributed by atoms with Crippen molar-refractivity contribution in [1.29, 1.82) is 0 Å². The van der Waals surface area contributed by atoms with E-state index in [0.29, 0.717) is 17.8 Å². The van der Waals surface area contributed by atoms with Gasteiger partial charge < -0.3 is 29.7 Å². The molecule has 3 rings (SSSR count). The Bertz CT molecular complexity index is 1150. The van der Waals surface area contributed by atoms with Crippen LogP contribution in [-0.2, 0) is 4.74 Å². The maximum absolute atomic E-state index is 13.5. The van der Waals surface area contributed by atoms with Gasteiger partial charge in [-0.25, -0.2) is 14.2 Å². The third kappa shape index (κ3) is 6.71. The predicted molar refractivity (Wildman–Crippen MR) is 132 cm³/mol. The summed E-state index contributed by atoms with van der Waals surface area (Å²) < 4.78 is 24.6. The lowest BCUT2D eigenvalue weighted by molar-refractivity contribution is 0.0356. The molecule has 0 saturated heterocycles. The summed E-state index contributed by atoms with van der Waals surface area (Å²) in [5, 5.41) is 12.4. The summed E-state index contributed by atoms with van der Waals surface area (Å²) in [6.07, 6.45) is 0.990. The number of pyridine rings is 1. The van der Waals surface area contributed by atoms with Gasteiger partial charge in [-0.15, -0.1) is 0 Å². The molecule has 0 bridgehead atoms. The van der Waals surface area contributed by atoms with Gasteiger partial charge in [-0.3, -0.25) is 4.79 Å². The van der Waals surface area contributed by atoms with E-state index < -0.39 is 24.0 Å². The molecular weight excluding hydrogens is 467 g/mol. The molecule has 0 fully saturated rings. The number of rotatable bonds is 6. The van der Waals surface area contributed by atoms with Crippen molar-refractivity contribution >= 4 is 17.6 Å². The van der Waals surface area contributed by atoms with Gasteiger partial charge in [0.15, 0.2) is 0 Å². The van der Waals surface area contributed by atoms with Gasteiger partial charge in [0.25, 0.3) is 5.91 Å². The van der Waals surface area contributed by atoms with E-state index >= 15 is 0 Å². The smallest absolute Gasteiger partial charge is 0.321 e. The maximum atomic E-state index is 13.5. The molecule has 1 aliphatic rings. The van der Waals surface area contributed by atoms with Crippen molar-refractivity contribution < 1.29 is 28.6 Å². The summed E-state index contributed by atoms with van der Waals surface area (Å²) in [5.74, 6) is 4.88. The van der Waals surface area contributed by atoms with Crippen molar-refractivity contribution in [3.8, 4) is 17.7 Å². The number of nitrogens with zero attached hydrogens (tertiary/aromatic N) is 3. The number of hydrogen-bond donors (Lipinski definition) is 2. The predicted octanol–water partition coefficient (Wildman–Crippen LogP) is 2.60. The standard InChI is InChI=1S/C26H31FN4O5/c1-17-14-31(18(2)16-32)25(33)22-11-19(7-6-10-35-4)13-28-24(22)36-23(17)15-30(3)26(34)29-21-9-5-8-20(27)12-21/h5,8-9,11-13,17-18,23,32H,10,14-16H2,1-4H3,(H,29,34)/t17-,18-,23-/m0/s1. The number of hydrogen-bond acceptors (Lipinski definition) is 6. The van der Waals surface area contributed by atoms with Crippen LogP contribution >= 0.6 is 0 Å². The molecule has 9 nitrogen and oxygen atoms in total. The highest BCUT2D eigenvalue weighted by molar-refractivity contribution is 5.97. The summed E-state index contributed by atoms with van der Waals surface area (Å²) >= 11 is 0. The fourth-order valence-corrected chi connectivity index (χ4v) is 3.74. The van der Waals surface area contributed by atoms with Crippen LogP contribution in [0.1, 0.15) is 29.8 Å². The number of carbonyl (C=O) groups excluding carboxylic acids is 2. The van der Waals surface area contributed by atoms with Gasteiger partial charge in [0.1, 0.15) is 24.1 Å². The SMILES string of the molecule is COCC#Cc1cnc2c(c1)C(=O)N([C@@H](C)CO)C[C@H](C)[C@H](CN(C)C(=O)Nc1cccc(F)c1)O2. The van der Waals surface area contributed by atoms with Crippen molar-refractivity contribution in [1.82, 2.24) is 14.8 Å². The lowest BCUT2D eigenvalue weighted by Crippen LogP contribution is -2.50. The summed E-state index contributed by atoms with van der Waals surface area (Å²) in [6, 6.07) is 6.36. The van der Waals surface area contributed by atoms with E-state index in [9.17, 15) is 19.1 Å². The van der Waals surface area contributed by atoms with E-state index in [0.717, 1.165) is 0 Å². The number of fused-ring (bicyclic) bond motifs is 1. The number of nitrogens with one attached hydrogen (secondary N) is 1. The number of ether oxygens (including phenoxy) is 2. The Morgan fingerprint density at radius 3 is 2.92 bits per heavy atom. The van der Waals surface area contributed by atoms with Crippen molar-refractivity contribution in [2.24, 2.45) is 5.92 Å². The molecule has 1 aromatic carbocycles. The minimum Gasteiger partial charge on any atom is -0.472 e. The number of anilines is 1. The first-order chi connectivity index (χ1) is 17.2. The van der Waals surface area contributed by atoms with E-state index in [1.807, 2.05) is 6.92 Å². The number of amides is 3. The normalized spacial score (nSPS) is 18.1. The second kappa shape index (κ2) is 12.3. The van der Waals surface area contributed by atoms with Gasteiger partial charge in [0.2, 0.25) is 5.88 Å². The van der Waals surface area contributed by atoms with Crippen LogP contribution in [0.15, 0.2) is 36.5 Å². The van der Waals surface area contributed by atoms with Gasteiger partial charge in [0.05, 0.1) is 19.2 Å². The van der Waals surface area contributed by atoms with Crippen LogP contribution in [-0.4, -0.2) is 84.4 Å². The first kappa shape index (κ1) is 26.9. The molecule has 3 amide bonds. The molecule has 0 unspecified atom stereocenters. The molecule has 0 aliphatic carbocycles. The lowest BCUT2D eigenvalue weighted by Gasteiger charge is -2.37. The Balaban J connectivity index is 1.87. The van der Waals surface area contributed by atoms with Gasteiger partial charge in [0, 0.05) is 44.1 Å². The second-order valence-electron chi connectivity index (χ2n) is 8.76. The van der Waals surface area contributed by atoms with Gasteiger partial charge in [-0.05, 0) is 31.2 Å². The molecule has 2 aromatic rings. The van der Waals surface area contributed by atoms with E-state index in [1.54, 1.807) is 31.0 Å². The highest BCUT2D eigenvalue weighted by atomic mass is 19.1. The van der Waals surface area contributed by atoms with Crippen LogP contribution in [0.3, 0.4) is 0 Å². The summed E-state index contributed by atoms with van der Waals surface area (Å²) in [4.78, 5) is 33.5. The number of carbonyl (C=O) groups is 2. The number of halogens is 1. The highest BCUT2D eigenvalue weighted by Gasteiger charge is 2.34. The van der Waals surface area contributed by atoms with Crippen LogP contribution in [0.4, 0.5) is 14.9 Å². The van der Waals surface area contributed by atoms with Gasteiger partial charge in [-0.2, -0.15) is 0 Å². The molecule has 2 heterocycles. The van der Waals surface area contributed by atoms with Crippen LogP contribution in [0.2, 0.25) is 0 Å². The molecule has 3 atom stereocenters. The van der Waals surface area contributed by atoms with E-state index in [-0.39, 0.29) is 43.0 Å². The molecule has 0 saturated carbocycles. The molecule has 192 valence electrons. The fraction of sp³-hybridized carbons (Fsp3) is 0.423. The number of aromatic nitrogens is 1. The van der Waals surface area contributed by atoms with Crippen molar-refractivity contribution in [3.63, 3.8) is 0 Å². The average molecular weight is 499 g/mol. The van der Waals surface area contributed by atoms with Crippen molar-refractivity contribution in [2.45, 2.75) is 26.0 Å². The minimum atomic E-state index is -0.522. The number of methoxy groups -OCH3 is 1. The Morgan fingerprint density at radius 1 is 1.44 bits per heavy atom.